The van der Waals surface area contributed by atoms with Crippen molar-refractivity contribution in [3.05, 3.63) is 88.4 Å². The maximum Gasteiger partial charge on any atom is 0.355 e. The van der Waals surface area contributed by atoms with Crippen molar-refractivity contribution in [3.8, 4) is 6.07 Å². The number of benzene rings is 2. The molecule has 0 aromatic heterocycles. The lowest BCUT2D eigenvalue weighted by atomic mass is 9.81. The minimum Gasteiger partial charge on any atom is -0.481 e. The van der Waals surface area contributed by atoms with Gasteiger partial charge in [0.1, 0.15) is 11.5 Å². The molecule has 2 aromatic carbocycles. The number of methoxy groups -OCH3 is 2. The van der Waals surface area contributed by atoms with Crippen molar-refractivity contribution < 1.29 is 33.8 Å². The summed E-state index contributed by atoms with van der Waals surface area (Å²) < 4.78 is 9.97. The number of nitrogens with two attached hydrogens (primary N) is 1. The Morgan fingerprint density at radius 3 is 2.14 bits per heavy atom. The predicted octanol–water partition coefficient (Wildman–Crippen LogP) is 2.88. The summed E-state index contributed by atoms with van der Waals surface area (Å²) in [6.45, 7) is 1.51. The van der Waals surface area contributed by atoms with Gasteiger partial charge in [0.2, 0.25) is 0 Å². The lowest BCUT2D eigenvalue weighted by Crippen LogP contribution is -2.40. The number of allylic oxidation sites excluding steroid dienone is 1. The van der Waals surface area contributed by atoms with E-state index in [0.717, 1.165) is 14.2 Å². The second kappa shape index (κ2) is 11.2. The molecule has 10 heteroatoms. The van der Waals surface area contributed by atoms with E-state index in [1.807, 2.05) is 0 Å². The van der Waals surface area contributed by atoms with Crippen molar-refractivity contribution in [1.82, 2.24) is 0 Å². The summed E-state index contributed by atoms with van der Waals surface area (Å²) in [5.74, 6) is -5.08. The molecule has 1 heterocycles. The third kappa shape index (κ3) is 5.21. The number of nitrogens with zero attached hydrogens (tertiary/aromatic N) is 2. The van der Waals surface area contributed by atoms with Gasteiger partial charge in [-0.2, -0.15) is 5.26 Å². The monoisotopic (exact) mass is 503 g/mol. The number of hydrogen-bond donors (Lipinski definition) is 2. The molecule has 37 heavy (non-hydrogen) atoms. The number of rotatable bonds is 8. The molecule has 2 atom stereocenters. The van der Waals surface area contributed by atoms with Crippen LogP contribution in [-0.4, -0.2) is 43.0 Å². The Kier molecular flexibility index (Phi) is 8.09. The van der Waals surface area contributed by atoms with E-state index >= 15 is 0 Å². The Bertz CT molecular complexity index is 1340. The molecular formula is C27H25N3O7. The summed E-state index contributed by atoms with van der Waals surface area (Å²) >= 11 is 0. The number of esters is 2. The molecule has 0 aliphatic carbocycles. The molecule has 2 aromatic rings. The van der Waals surface area contributed by atoms with Gasteiger partial charge in [-0.25, -0.2) is 9.59 Å². The van der Waals surface area contributed by atoms with Crippen molar-refractivity contribution in [2.24, 2.45) is 11.7 Å². The number of ether oxygens (including phenoxy) is 2. The number of carboxylic acids is 1. The maximum absolute atomic E-state index is 13.1. The van der Waals surface area contributed by atoms with Gasteiger partial charge in [0, 0.05) is 17.2 Å². The number of carboxylic acid groups (broad SMARTS) is 1. The molecule has 0 spiro atoms. The molecule has 0 fully saturated rings. The van der Waals surface area contributed by atoms with E-state index in [4.69, 9.17) is 20.3 Å². The van der Waals surface area contributed by atoms with E-state index in [0.29, 0.717) is 5.56 Å². The Morgan fingerprint density at radius 1 is 1.03 bits per heavy atom. The summed E-state index contributed by atoms with van der Waals surface area (Å²) in [6, 6.07) is 16.5. The SMILES string of the molecule is COC(=O)C1=C(C(=O)OC)N(c2ccc(C(=O)C(C)CC(=O)O)cc2)C(N)=C(C#N)C1c1ccccc1. The van der Waals surface area contributed by atoms with E-state index in [-0.39, 0.29) is 46.1 Å². The Labute approximate surface area is 213 Å². The molecule has 3 rings (SSSR count). The molecule has 10 nitrogen and oxygen atoms in total. The summed E-state index contributed by atoms with van der Waals surface area (Å²) in [5, 5.41) is 19.0. The second-order valence-electron chi connectivity index (χ2n) is 8.25. The minimum absolute atomic E-state index is 0.00878. The van der Waals surface area contributed by atoms with E-state index in [9.17, 15) is 24.4 Å². The highest BCUT2D eigenvalue weighted by atomic mass is 16.5. The number of hydrogen-bond acceptors (Lipinski definition) is 9. The van der Waals surface area contributed by atoms with Crippen molar-refractivity contribution in [2.75, 3.05) is 19.1 Å². The molecule has 1 aliphatic rings. The fraction of sp³-hybridized carbons (Fsp3) is 0.222. The Morgan fingerprint density at radius 2 is 1.62 bits per heavy atom. The van der Waals surface area contributed by atoms with Crippen LogP contribution in [-0.2, 0) is 23.9 Å². The lowest BCUT2D eigenvalue weighted by molar-refractivity contribution is -0.139. The van der Waals surface area contributed by atoms with Gasteiger partial charge in [-0.1, -0.05) is 37.3 Å². The summed E-state index contributed by atoms with van der Waals surface area (Å²) in [4.78, 5) is 50.9. The Balaban J connectivity index is 2.22. The van der Waals surface area contributed by atoms with Gasteiger partial charge in [0.25, 0.3) is 0 Å². The molecule has 0 bridgehead atoms. The Hall–Kier alpha value is -4.91. The van der Waals surface area contributed by atoms with Gasteiger partial charge in [-0.3, -0.25) is 14.5 Å². The van der Waals surface area contributed by atoms with Gasteiger partial charge in [-0.15, -0.1) is 0 Å². The average molecular weight is 504 g/mol. The van der Waals surface area contributed by atoms with Gasteiger partial charge >= 0.3 is 17.9 Å². The van der Waals surface area contributed by atoms with Crippen molar-refractivity contribution in [3.63, 3.8) is 0 Å². The second-order valence-corrected chi connectivity index (χ2v) is 8.25. The van der Waals surface area contributed by atoms with Crippen LogP contribution in [0.15, 0.2) is 77.3 Å². The molecule has 190 valence electrons. The average Bonchev–Trinajstić information content (AvgIpc) is 2.91. The van der Waals surface area contributed by atoms with Crippen LogP contribution in [0.4, 0.5) is 5.69 Å². The molecule has 0 radical (unpaired) electrons. The number of Topliss-reactive ketones (excluding diaryl/α,β-unsaturated/α-hetero) is 1. The molecule has 2 unspecified atom stereocenters. The number of ketones is 1. The smallest absolute Gasteiger partial charge is 0.355 e. The van der Waals surface area contributed by atoms with Crippen LogP contribution in [0.25, 0.3) is 0 Å². The number of aliphatic carboxylic acids is 1. The van der Waals surface area contributed by atoms with E-state index < -0.39 is 29.7 Å². The van der Waals surface area contributed by atoms with Crippen molar-refractivity contribution in [1.29, 1.82) is 5.26 Å². The quantitative estimate of drug-likeness (QED) is 0.405. The standard InChI is InChI=1S/C27H25N3O7/c1-15(13-20(31)32)24(33)17-9-11-18(12-10-17)30-23(27(35)37-3)22(26(34)36-2)21(19(14-28)25(30)29)16-7-5-4-6-8-16/h4-12,15,21H,13,29H2,1-3H3,(H,31,32). The highest BCUT2D eigenvalue weighted by Gasteiger charge is 2.43. The number of nitriles is 1. The van der Waals surface area contributed by atoms with E-state index in [1.54, 1.807) is 30.3 Å². The van der Waals surface area contributed by atoms with Crippen molar-refractivity contribution in [2.45, 2.75) is 19.3 Å². The van der Waals surface area contributed by atoms with Crippen LogP contribution in [0.3, 0.4) is 0 Å². The summed E-state index contributed by atoms with van der Waals surface area (Å²) in [7, 11) is 2.30. The van der Waals surface area contributed by atoms with Crippen LogP contribution in [0, 0.1) is 17.2 Å². The van der Waals surface area contributed by atoms with Crippen LogP contribution < -0.4 is 10.6 Å². The third-order valence-electron chi connectivity index (χ3n) is 5.95. The zero-order valence-electron chi connectivity index (χ0n) is 20.4. The number of carbonyl (C=O) groups is 4. The first-order chi connectivity index (χ1) is 17.7. The van der Waals surface area contributed by atoms with Gasteiger partial charge in [-0.05, 0) is 29.8 Å². The first-order valence-electron chi connectivity index (χ1n) is 11.2. The van der Waals surface area contributed by atoms with Gasteiger partial charge in [0.05, 0.1) is 43.8 Å². The van der Waals surface area contributed by atoms with E-state index in [2.05, 4.69) is 6.07 Å². The van der Waals surface area contributed by atoms with Gasteiger partial charge < -0.3 is 20.3 Å². The summed E-state index contributed by atoms with van der Waals surface area (Å²) in [5.41, 5.74) is 7.12. The summed E-state index contributed by atoms with van der Waals surface area (Å²) in [6.07, 6.45) is -0.327. The number of anilines is 1. The molecular weight excluding hydrogens is 478 g/mol. The van der Waals surface area contributed by atoms with Crippen LogP contribution in [0.5, 0.6) is 0 Å². The highest BCUT2D eigenvalue weighted by molar-refractivity contribution is 6.06. The van der Waals surface area contributed by atoms with Crippen LogP contribution >= 0.6 is 0 Å². The first-order valence-corrected chi connectivity index (χ1v) is 11.2. The first kappa shape index (κ1) is 26.7. The fourth-order valence-corrected chi connectivity index (χ4v) is 4.20. The molecule has 0 saturated carbocycles. The molecule has 1 aliphatic heterocycles. The molecule has 0 saturated heterocycles. The van der Waals surface area contributed by atoms with Crippen LogP contribution in [0.1, 0.15) is 35.2 Å². The number of carbonyl (C=O) groups excluding carboxylic acids is 3. The zero-order valence-corrected chi connectivity index (χ0v) is 20.4. The zero-order chi connectivity index (χ0) is 27.3. The van der Waals surface area contributed by atoms with Gasteiger partial charge in [0.15, 0.2) is 5.78 Å². The maximum atomic E-state index is 13.1. The third-order valence-corrected chi connectivity index (χ3v) is 5.95. The molecule has 3 N–H and O–H groups in total. The lowest BCUT2D eigenvalue weighted by Gasteiger charge is -2.35. The fourth-order valence-electron chi connectivity index (χ4n) is 4.20. The highest BCUT2D eigenvalue weighted by Crippen LogP contribution is 2.43. The van der Waals surface area contributed by atoms with E-state index in [1.165, 1.54) is 36.1 Å². The predicted molar refractivity (Wildman–Crippen MR) is 132 cm³/mol. The normalized spacial score (nSPS) is 16.1. The van der Waals surface area contributed by atoms with Crippen LogP contribution in [0.2, 0.25) is 0 Å². The topological polar surface area (TPSA) is 160 Å². The molecule has 0 amide bonds. The largest absolute Gasteiger partial charge is 0.481 e. The minimum atomic E-state index is -1.09. The van der Waals surface area contributed by atoms with Crippen molar-refractivity contribution >= 4 is 29.4 Å².